The Morgan fingerprint density at radius 1 is 1.00 bits per heavy atom. The van der Waals surface area contributed by atoms with Crippen molar-refractivity contribution >= 4 is 23.3 Å². The highest BCUT2D eigenvalue weighted by molar-refractivity contribution is 8.03. The fourth-order valence-electron chi connectivity index (χ4n) is 7.56. The van der Waals surface area contributed by atoms with Gasteiger partial charge in [0.15, 0.2) is 5.78 Å². The number of hydrogen-bond acceptors (Lipinski definition) is 3. The average Bonchev–Trinajstić information content (AvgIpc) is 3.31. The fourth-order valence-corrected chi connectivity index (χ4v) is 8.48. The number of hydrogen-bond donors (Lipinski definition) is 0. The van der Waals surface area contributed by atoms with Gasteiger partial charge in [-0.2, -0.15) is 0 Å². The van der Waals surface area contributed by atoms with E-state index in [0.29, 0.717) is 41.2 Å². The van der Waals surface area contributed by atoms with Gasteiger partial charge in [0.25, 0.3) is 0 Å². The summed E-state index contributed by atoms with van der Waals surface area (Å²) >= 11 is 1.70. The smallest absolute Gasteiger partial charge is 0.172 e. The maximum absolute atomic E-state index is 12.7. The van der Waals surface area contributed by atoms with Crippen molar-refractivity contribution in [1.82, 2.24) is 0 Å². The highest BCUT2D eigenvalue weighted by atomic mass is 32.2. The minimum absolute atomic E-state index is 0.0332. The Kier molecular flexibility index (Phi) is 3.12. The molecule has 3 heteroatoms. The second-order valence-corrected chi connectivity index (χ2v) is 10.3. The third kappa shape index (κ3) is 1.66. The van der Waals surface area contributed by atoms with Crippen LogP contribution in [0.2, 0.25) is 0 Å². The molecule has 5 aliphatic carbocycles. The van der Waals surface area contributed by atoms with E-state index in [-0.39, 0.29) is 10.8 Å². The summed E-state index contributed by atoms with van der Waals surface area (Å²) < 4.78 is 0. The summed E-state index contributed by atoms with van der Waals surface area (Å²) in [7, 11) is 0. The maximum atomic E-state index is 12.7. The Morgan fingerprint density at radius 2 is 1.79 bits per heavy atom. The van der Waals surface area contributed by atoms with Crippen LogP contribution in [0, 0.1) is 40.4 Å². The molecule has 5 rings (SSSR count). The summed E-state index contributed by atoms with van der Waals surface area (Å²) in [6, 6.07) is 0. The van der Waals surface area contributed by atoms with E-state index in [1.165, 1.54) is 18.4 Å². The first-order valence-electron chi connectivity index (χ1n) is 9.78. The number of allylic oxidation sites excluding steroid dienone is 1. The van der Waals surface area contributed by atoms with Crippen LogP contribution in [0.25, 0.3) is 0 Å². The molecule has 0 bridgehead atoms. The van der Waals surface area contributed by atoms with Gasteiger partial charge in [-0.1, -0.05) is 13.8 Å². The number of carbonyl (C=O) groups excluding carboxylic acids is 2. The van der Waals surface area contributed by atoms with Gasteiger partial charge in [-0.15, -0.1) is 11.8 Å². The van der Waals surface area contributed by atoms with Gasteiger partial charge in [0.2, 0.25) is 0 Å². The first kappa shape index (κ1) is 15.7. The summed E-state index contributed by atoms with van der Waals surface area (Å²) in [4.78, 5) is 26.3. The normalized spacial score (nSPS) is 52.5. The van der Waals surface area contributed by atoms with Gasteiger partial charge in [-0.25, -0.2) is 0 Å². The van der Waals surface area contributed by atoms with E-state index in [0.717, 1.165) is 37.0 Å². The predicted octanol–water partition coefficient (Wildman–Crippen LogP) is 4.63. The zero-order valence-corrected chi connectivity index (χ0v) is 15.9. The number of rotatable bonds is 1. The predicted molar refractivity (Wildman–Crippen MR) is 96.5 cm³/mol. The van der Waals surface area contributed by atoms with Crippen molar-refractivity contribution in [2.75, 3.05) is 6.26 Å². The fraction of sp³-hybridized carbons (Fsp3) is 0.810. The molecule has 0 radical (unpaired) electrons. The molecule has 4 fully saturated rings. The van der Waals surface area contributed by atoms with E-state index < -0.39 is 0 Å². The van der Waals surface area contributed by atoms with Crippen molar-refractivity contribution in [1.29, 1.82) is 0 Å². The van der Waals surface area contributed by atoms with Crippen molar-refractivity contribution in [3.05, 3.63) is 10.5 Å². The summed E-state index contributed by atoms with van der Waals surface area (Å²) in [6.45, 7) is 4.75. The van der Waals surface area contributed by atoms with Gasteiger partial charge in [0, 0.05) is 17.8 Å². The first-order chi connectivity index (χ1) is 11.4. The Hall–Kier alpha value is -0.570. The zero-order chi connectivity index (χ0) is 16.9. The molecule has 0 aliphatic heterocycles. The monoisotopic (exact) mass is 344 g/mol. The summed E-state index contributed by atoms with van der Waals surface area (Å²) in [5.74, 6) is 3.93. The molecule has 0 N–H and O–H groups in total. The maximum Gasteiger partial charge on any atom is 0.172 e. The zero-order valence-electron chi connectivity index (χ0n) is 15.1. The van der Waals surface area contributed by atoms with E-state index >= 15 is 0 Å². The van der Waals surface area contributed by atoms with Crippen LogP contribution >= 0.6 is 11.8 Å². The standard InChI is InChI=1S/C21H28O2S/c1-20-9-8-14-11(13(20)6-7-17(20)22)4-5-15-19(24-3)18(23)12-10-16(12)21(14,15)2/h11-14,16H,4-10H2,1-3H3/t11-,12-,13-,14-,16?,20-,21+/m0/s1. The Labute approximate surface area is 149 Å². The van der Waals surface area contributed by atoms with Crippen molar-refractivity contribution in [3.63, 3.8) is 0 Å². The van der Waals surface area contributed by atoms with Crippen molar-refractivity contribution in [2.45, 2.75) is 58.8 Å². The van der Waals surface area contributed by atoms with Gasteiger partial charge < -0.3 is 0 Å². The first-order valence-corrected chi connectivity index (χ1v) is 11.0. The Bertz CT molecular complexity index is 679. The molecule has 5 aliphatic rings. The van der Waals surface area contributed by atoms with Gasteiger partial charge in [-0.3, -0.25) is 9.59 Å². The molecule has 0 aromatic carbocycles. The number of carbonyl (C=O) groups is 2. The molecule has 0 saturated heterocycles. The largest absolute Gasteiger partial charge is 0.299 e. The van der Waals surface area contributed by atoms with Crippen molar-refractivity contribution in [2.24, 2.45) is 40.4 Å². The second-order valence-electron chi connectivity index (χ2n) is 9.44. The molecular formula is C21H28O2S. The van der Waals surface area contributed by atoms with Crippen LogP contribution in [-0.4, -0.2) is 17.8 Å². The Morgan fingerprint density at radius 3 is 2.54 bits per heavy atom. The molecular weight excluding hydrogens is 316 g/mol. The summed E-state index contributed by atoms with van der Waals surface area (Å²) in [5, 5.41) is 0. The lowest BCUT2D eigenvalue weighted by atomic mass is 9.47. The summed E-state index contributed by atoms with van der Waals surface area (Å²) in [5.41, 5.74) is 1.72. The van der Waals surface area contributed by atoms with E-state index in [2.05, 4.69) is 20.1 Å². The lowest BCUT2D eigenvalue weighted by molar-refractivity contribution is -0.132. The highest BCUT2D eigenvalue weighted by Crippen LogP contribution is 2.72. The topological polar surface area (TPSA) is 34.1 Å². The number of ketones is 2. The molecule has 4 saturated carbocycles. The molecule has 1 unspecified atom stereocenters. The lowest BCUT2D eigenvalue weighted by Gasteiger charge is -2.57. The SMILES string of the molecule is CSC1=C2CC[C@H]3[C@@H]4CCC(=O)[C@@]4(C)CC[C@@H]3[C@@]2(C)C2C[C@@H]2C1=O. The van der Waals surface area contributed by atoms with E-state index in [1.807, 2.05) is 0 Å². The molecule has 0 spiro atoms. The van der Waals surface area contributed by atoms with Crippen LogP contribution < -0.4 is 0 Å². The van der Waals surface area contributed by atoms with Crippen molar-refractivity contribution in [3.8, 4) is 0 Å². The number of fused-ring (bicyclic) bond motifs is 7. The van der Waals surface area contributed by atoms with E-state index in [4.69, 9.17) is 0 Å². The highest BCUT2D eigenvalue weighted by Gasteiger charge is 2.67. The minimum Gasteiger partial charge on any atom is -0.299 e. The summed E-state index contributed by atoms with van der Waals surface area (Å²) in [6.07, 6.45) is 9.72. The second kappa shape index (κ2) is 4.78. The minimum atomic E-state index is -0.0332. The quantitative estimate of drug-likeness (QED) is 0.695. The van der Waals surface area contributed by atoms with Gasteiger partial charge in [-0.05, 0) is 79.4 Å². The molecule has 2 nitrogen and oxygen atoms in total. The Balaban J connectivity index is 1.59. The molecule has 0 aromatic heterocycles. The number of Topliss-reactive ketones (excluding diaryl/α,β-unsaturated/α-hetero) is 2. The van der Waals surface area contributed by atoms with Crippen LogP contribution in [-0.2, 0) is 9.59 Å². The van der Waals surface area contributed by atoms with Gasteiger partial charge >= 0.3 is 0 Å². The van der Waals surface area contributed by atoms with E-state index in [9.17, 15) is 9.59 Å². The average molecular weight is 345 g/mol. The lowest BCUT2D eigenvalue weighted by Crippen LogP contribution is -2.52. The molecule has 7 atom stereocenters. The number of thioether (sulfide) groups is 1. The van der Waals surface area contributed by atoms with Crippen LogP contribution in [0.15, 0.2) is 10.5 Å². The van der Waals surface area contributed by atoms with Gasteiger partial charge in [0.05, 0.1) is 4.91 Å². The molecule has 24 heavy (non-hydrogen) atoms. The third-order valence-corrected chi connectivity index (χ3v) is 9.75. The van der Waals surface area contributed by atoms with Crippen LogP contribution in [0.3, 0.4) is 0 Å². The van der Waals surface area contributed by atoms with Gasteiger partial charge in [0.1, 0.15) is 5.78 Å². The molecule has 130 valence electrons. The molecule has 0 heterocycles. The van der Waals surface area contributed by atoms with Crippen LogP contribution in [0.5, 0.6) is 0 Å². The molecule has 0 aromatic rings. The molecule has 0 amide bonds. The van der Waals surface area contributed by atoms with Crippen molar-refractivity contribution < 1.29 is 9.59 Å². The van der Waals surface area contributed by atoms with Crippen LogP contribution in [0.1, 0.15) is 58.8 Å². The third-order valence-electron chi connectivity index (χ3n) is 8.89. The van der Waals surface area contributed by atoms with Crippen LogP contribution in [0.4, 0.5) is 0 Å². The van der Waals surface area contributed by atoms with E-state index in [1.54, 1.807) is 11.8 Å².